The van der Waals surface area contributed by atoms with E-state index in [1.807, 2.05) is 60.8 Å². The maximum Gasteiger partial charge on any atom is 0.306 e. The van der Waals surface area contributed by atoms with E-state index in [-0.39, 0.29) is 44.0 Å². The highest BCUT2D eigenvalue weighted by Crippen LogP contribution is 2.11. The van der Waals surface area contributed by atoms with E-state index in [0.29, 0.717) is 19.3 Å². The molecule has 1 atom stereocenters. The lowest BCUT2D eigenvalue weighted by Gasteiger charge is -2.18. The van der Waals surface area contributed by atoms with Gasteiger partial charge in [0.05, 0.1) is 0 Å². The third-order valence-corrected chi connectivity index (χ3v) is 9.40. The van der Waals surface area contributed by atoms with Crippen molar-refractivity contribution in [2.24, 2.45) is 0 Å². The predicted molar refractivity (Wildman–Crippen MR) is 274 cm³/mol. The Bertz CT molecular complexity index is 1520. The molecule has 0 saturated heterocycles. The summed E-state index contributed by atoms with van der Waals surface area (Å²) in [6.07, 6.45) is 73.8. The molecule has 0 bridgehead atoms. The Labute approximate surface area is 390 Å². The normalized spacial score (nSPS) is 13.5. The SMILES string of the molecule is CC\C=C/C=C\C=C/C=C\C=C/CCCCCC(=O)OC(COC(=O)CC/C=C\C/C=C\C/C=C\C/C=C\C/C=C\C/C=C\CC)COC(=O)CCCCCCC/C=C\C/C=C\CC. The van der Waals surface area contributed by atoms with Crippen molar-refractivity contribution in [3.8, 4) is 0 Å². The van der Waals surface area contributed by atoms with Crippen LogP contribution in [0.15, 0.2) is 158 Å². The van der Waals surface area contributed by atoms with Crippen molar-refractivity contribution in [3.63, 3.8) is 0 Å². The number of carbonyl (C=O) groups is 3. The zero-order chi connectivity index (χ0) is 46.5. The topological polar surface area (TPSA) is 78.9 Å². The van der Waals surface area contributed by atoms with Gasteiger partial charge < -0.3 is 14.2 Å². The van der Waals surface area contributed by atoms with Crippen LogP contribution in [0.4, 0.5) is 0 Å². The molecule has 6 nitrogen and oxygen atoms in total. The molecule has 0 fully saturated rings. The summed E-state index contributed by atoms with van der Waals surface area (Å²) in [6.45, 7) is 6.11. The fourth-order valence-corrected chi connectivity index (χ4v) is 5.82. The van der Waals surface area contributed by atoms with E-state index in [9.17, 15) is 14.4 Å². The lowest BCUT2D eigenvalue weighted by Crippen LogP contribution is -2.30. The third kappa shape index (κ3) is 48.1. The molecule has 0 rings (SSSR count). The van der Waals surface area contributed by atoms with Gasteiger partial charge in [-0.2, -0.15) is 0 Å². The van der Waals surface area contributed by atoms with E-state index in [4.69, 9.17) is 14.2 Å². The number of hydrogen-bond acceptors (Lipinski definition) is 6. The maximum atomic E-state index is 12.8. The average Bonchev–Trinajstić information content (AvgIpc) is 3.29. The van der Waals surface area contributed by atoms with Crippen LogP contribution in [-0.4, -0.2) is 37.2 Å². The number of rotatable bonds is 41. The summed E-state index contributed by atoms with van der Waals surface area (Å²) >= 11 is 0. The number of hydrogen-bond donors (Lipinski definition) is 0. The molecular weight excluding hydrogens is 793 g/mol. The Balaban J connectivity index is 4.63. The number of ether oxygens (including phenoxy) is 3. The molecule has 0 aromatic heterocycles. The van der Waals surface area contributed by atoms with Crippen LogP contribution in [0, 0.1) is 0 Å². The van der Waals surface area contributed by atoms with E-state index >= 15 is 0 Å². The van der Waals surface area contributed by atoms with E-state index in [0.717, 1.165) is 116 Å². The first kappa shape index (κ1) is 59.0. The van der Waals surface area contributed by atoms with Gasteiger partial charge in [0.2, 0.25) is 0 Å². The quantitative estimate of drug-likeness (QED) is 0.0200. The standard InChI is InChI=1S/C58H86O6/c1-4-7-10-13-16-19-22-25-27-28-29-30-32-33-36-39-42-45-48-51-57(60)63-54-55(53-62-56(59)50-47-44-41-38-35-24-21-18-15-12-9-6-3)64-58(61)52-49-46-43-40-37-34-31-26-23-20-17-14-11-8-5-2/h7-12,14,16-21,23,25-27,29-31,33-34,36-37,42,45,55H,4-6,13,15,22,24,28,32,35,38-41,43-44,46-54H2,1-3H3/b10-7-,11-8-,12-9-,17-14-,19-16-,21-18-,23-20-,27-25-,30-29-,31-26-,36-33-,37-34-,45-42-. The summed E-state index contributed by atoms with van der Waals surface area (Å²) in [7, 11) is 0. The van der Waals surface area contributed by atoms with Gasteiger partial charge in [-0.05, 0) is 103 Å². The summed E-state index contributed by atoms with van der Waals surface area (Å²) in [5.41, 5.74) is 0. The minimum Gasteiger partial charge on any atom is -0.462 e. The van der Waals surface area contributed by atoms with E-state index in [2.05, 4.69) is 118 Å². The van der Waals surface area contributed by atoms with Gasteiger partial charge >= 0.3 is 17.9 Å². The fourth-order valence-electron chi connectivity index (χ4n) is 5.82. The Morgan fingerprint density at radius 2 is 0.672 bits per heavy atom. The minimum atomic E-state index is -0.844. The van der Waals surface area contributed by atoms with Crippen LogP contribution in [0.3, 0.4) is 0 Å². The van der Waals surface area contributed by atoms with Gasteiger partial charge in [0.1, 0.15) is 13.2 Å². The van der Waals surface area contributed by atoms with Gasteiger partial charge in [-0.1, -0.05) is 204 Å². The Kier molecular flexibility index (Phi) is 46.7. The molecule has 0 N–H and O–H groups in total. The molecule has 0 radical (unpaired) electrons. The summed E-state index contributed by atoms with van der Waals surface area (Å²) in [4.78, 5) is 37.9. The highest BCUT2D eigenvalue weighted by atomic mass is 16.6. The zero-order valence-electron chi connectivity index (χ0n) is 40.2. The highest BCUT2D eigenvalue weighted by Gasteiger charge is 2.19. The van der Waals surface area contributed by atoms with E-state index in [1.54, 1.807) is 0 Å². The van der Waals surface area contributed by atoms with E-state index < -0.39 is 6.10 Å². The van der Waals surface area contributed by atoms with Crippen LogP contribution in [-0.2, 0) is 28.6 Å². The molecule has 6 heteroatoms. The predicted octanol–water partition coefficient (Wildman–Crippen LogP) is 16.2. The van der Waals surface area contributed by atoms with Crippen molar-refractivity contribution in [3.05, 3.63) is 158 Å². The Morgan fingerprint density at radius 1 is 0.328 bits per heavy atom. The summed E-state index contributed by atoms with van der Waals surface area (Å²) in [5, 5.41) is 0. The van der Waals surface area contributed by atoms with Crippen LogP contribution in [0.25, 0.3) is 0 Å². The van der Waals surface area contributed by atoms with Crippen LogP contribution in [0.2, 0.25) is 0 Å². The molecule has 0 heterocycles. The first-order valence-corrected chi connectivity index (χ1v) is 24.6. The fraction of sp³-hybridized carbons (Fsp3) is 0.500. The Hall–Kier alpha value is -4.97. The second-order valence-electron chi connectivity index (χ2n) is 15.3. The number of allylic oxidation sites excluding steroid dienone is 26. The lowest BCUT2D eigenvalue weighted by atomic mass is 10.1. The van der Waals surface area contributed by atoms with Crippen molar-refractivity contribution < 1.29 is 28.6 Å². The molecule has 354 valence electrons. The first-order valence-electron chi connectivity index (χ1n) is 24.6. The van der Waals surface area contributed by atoms with Crippen molar-refractivity contribution >= 4 is 17.9 Å². The summed E-state index contributed by atoms with van der Waals surface area (Å²) < 4.78 is 16.6. The molecule has 0 saturated carbocycles. The van der Waals surface area contributed by atoms with Gasteiger partial charge in [0.25, 0.3) is 0 Å². The highest BCUT2D eigenvalue weighted by molar-refractivity contribution is 5.71. The molecule has 0 amide bonds. The van der Waals surface area contributed by atoms with Crippen molar-refractivity contribution in [2.45, 2.75) is 175 Å². The van der Waals surface area contributed by atoms with Gasteiger partial charge in [0.15, 0.2) is 6.10 Å². The lowest BCUT2D eigenvalue weighted by molar-refractivity contribution is -0.166. The van der Waals surface area contributed by atoms with Crippen molar-refractivity contribution in [2.75, 3.05) is 13.2 Å². The van der Waals surface area contributed by atoms with Gasteiger partial charge in [0, 0.05) is 19.3 Å². The second-order valence-corrected chi connectivity index (χ2v) is 15.3. The van der Waals surface area contributed by atoms with Crippen LogP contribution in [0.1, 0.15) is 168 Å². The second kappa shape index (κ2) is 50.7. The molecule has 0 spiro atoms. The molecular formula is C58H86O6. The third-order valence-electron chi connectivity index (χ3n) is 9.40. The number of carbonyl (C=O) groups excluding carboxylic acids is 3. The Morgan fingerprint density at radius 3 is 1.17 bits per heavy atom. The van der Waals surface area contributed by atoms with Crippen molar-refractivity contribution in [1.82, 2.24) is 0 Å². The summed E-state index contributed by atoms with van der Waals surface area (Å²) in [6, 6.07) is 0. The molecule has 0 aliphatic rings. The molecule has 0 aliphatic heterocycles. The first-order chi connectivity index (χ1) is 31.5. The van der Waals surface area contributed by atoms with Gasteiger partial charge in [-0.3, -0.25) is 14.4 Å². The van der Waals surface area contributed by atoms with E-state index in [1.165, 1.54) is 0 Å². The smallest absolute Gasteiger partial charge is 0.306 e. The van der Waals surface area contributed by atoms with Crippen LogP contribution >= 0.6 is 0 Å². The molecule has 0 aromatic carbocycles. The average molecular weight is 879 g/mol. The maximum absolute atomic E-state index is 12.8. The minimum absolute atomic E-state index is 0.134. The van der Waals surface area contributed by atoms with Gasteiger partial charge in [-0.15, -0.1) is 0 Å². The number of unbranched alkanes of at least 4 members (excludes halogenated alkanes) is 8. The zero-order valence-corrected chi connectivity index (χ0v) is 40.2. The summed E-state index contributed by atoms with van der Waals surface area (Å²) in [5.74, 6) is -1.10. The monoisotopic (exact) mass is 879 g/mol. The van der Waals surface area contributed by atoms with Crippen LogP contribution < -0.4 is 0 Å². The molecule has 0 aliphatic carbocycles. The molecule has 1 unspecified atom stereocenters. The molecule has 0 aromatic rings. The van der Waals surface area contributed by atoms with Crippen molar-refractivity contribution in [1.29, 1.82) is 0 Å². The van der Waals surface area contributed by atoms with Gasteiger partial charge in [-0.25, -0.2) is 0 Å². The largest absolute Gasteiger partial charge is 0.462 e. The molecule has 64 heavy (non-hydrogen) atoms. The van der Waals surface area contributed by atoms with Crippen LogP contribution in [0.5, 0.6) is 0 Å². The number of esters is 3.